The van der Waals surface area contributed by atoms with Gasteiger partial charge in [0.25, 0.3) is 0 Å². The van der Waals surface area contributed by atoms with Crippen molar-refractivity contribution >= 4 is 12.0 Å². The van der Waals surface area contributed by atoms with Gasteiger partial charge in [0.15, 0.2) is 11.5 Å². The predicted molar refractivity (Wildman–Crippen MR) is 103 cm³/mol. The van der Waals surface area contributed by atoms with Gasteiger partial charge >= 0.3 is 0 Å². The highest BCUT2D eigenvalue weighted by atomic mass is 16.5. The highest BCUT2D eigenvalue weighted by Crippen LogP contribution is 2.27. The molecule has 0 aromatic heterocycles. The summed E-state index contributed by atoms with van der Waals surface area (Å²) in [7, 11) is 3.21. The van der Waals surface area contributed by atoms with E-state index in [1.54, 1.807) is 20.3 Å². The SMILES string of the molecule is CCOc1ccccc1C=CC(=O)NCCc1ccc(OC)c(OC)c1. The molecule has 5 nitrogen and oxygen atoms in total. The molecule has 0 radical (unpaired) electrons. The molecule has 0 bridgehead atoms. The number of benzene rings is 2. The standard InChI is InChI=1S/C21H25NO4/c1-4-26-18-8-6-5-7-17(18)10-12-21(23)22-14-13-16-9-11-19(24-2)20(15-16)25-3/h5-12,15H,4,13-14H2,1-3H3,(H,22,23). The van der Waals surface area contributed by atoms with Gasteiger partial charge < -0.3 is 19.5 Å². The zero-order chi connectivity index (χ0) is 18.8. The molecule has 0 unspecified atom stereocenters. The number of para-hydroxylation sites is 1. The molecular weight excluding hydrogens is 330 g/mol. The van der Waals surface area contributed by atoms with Crippen molar-refractivity contribution in [3.05, 3.63) is 59.7 Å². The largest absolute Gasteiger partial charge is 0.493 e. The van der Waals surface area contributed by atoms with E-state index in [0.29, 0.717) is 31.1 Å². The monoisotopic (exact) mass is 355 g/mol. The minimum absolute atomic E-state index is 0.142. The van der Waals surface area contributed by atoms with Gasteiger partial charge in [-0.2, -0.15) is 0 Å². The Morgan fingerprint density at radius 2 is 1.81 bits per heavy atom. The minimum Gasteiger partial charge on any atom is -0.493 e. The molecule has 2 rings (SSSR count). The molecule has 5 heteroatoms. The maximum absolute atomic E-state index is 12.0. The quantitative estimate of drug-likeness (QED) is 0.700. The van der Waals surface area contributed by atoms with E-state index in [1.165, 1.54) is 6.08 Å². The second-order valence-corrected chi connectivity index (χ2v) is 5.53. The number of carbonyl (C=O) groups excluding carboxylic acids is 1. The van der Waals surface area contributed by atoms with Gasteiger partial charge in [0, 0.05) is 18.2 Å². The van der Waals surface area contributed by atoms with Crippen LogP contribution in [0.2, 0.25) is 0 Å². The fourth-order valence-electron chi connectivity index (χ4n) is 2.50. The molecular formula is C21H25NO4. The van der Waals surface area contributed by atoms with Crippen molar-refractivity contribution in [3.8, 4) is 17.2 Å². The first kappa shape index (κ1) is 19.4. The molecule has 0 atom stereocenters. The van der Waals surface area contributed by atoms with Crippen molar-refractivity contribution in [1.29, 1.82) is 0 Å². The van der Waals surface area contributed by atoms with Crippen LogP contribution >= 0.6 is 0 Å². The molecule has 138 valence electrons. The summed E-state index contributed by atoms with van der Waals surface area (Å²) in [6.45, 7) is 3.05. The average Bonchev–Trinajstić information content (AvgIpc) is 2.67. The molecule has 0 saturated heterocycles. The molecule has 0 aliphatic heterocycles. The summed E-state index contributed by atoms with van der Waals surface area (Å²) in [6, 6.07) is 13.4. The number of hydrogen-bond acceptors (Lipinski definition) is 4. The van der Waals surface area contributed by atoms with E-state index in [9.17, 15) is 4.79 Å². The molecule has 1 N–H and O–H groups in total. The highest BCUT2D eigenvalue weighted by molar-refractivity contribution is 5.92. The fraction of sp³-hybridized carbons (Fsp3) is 0.286. The van der Waals surface area contributed by atoms with Crippen LogP contribution in [0.25, 0.3) is 6.08 Å². The summed E-state index contributed by atoms with van der Waals surface area (Å²) >= 11 is 0. The summed E-state index contributed by atoms with van der Waals surface area (Å²) in [6.07, 6.45) is 3.98. The van der Waals surface area contributed by atoms with Gasteiger partial charge in [-0.15, -0.1) is 0 Å². The van der Waals surface area contributed by atoms with Gasteiger partial charge in [-0.25, -0.2) is 0 Å². The van der Waals surface area contributed by atoms with Crippen LogP contribution in [0.5, 0.6) is 17.2 Å². The van der Waals surface area contributed by atoms with Crippen LogP contribution in [0.1, 0.15) is 18.1 Å². The van der Waals surface area contributed by atoms with Crippen molar-refractivity contribution in [3.63, 3.8) is 0 Å². The van der Waals surface area contributed by atoms with Crippen LogP contribution in [0, 0.1) is 0 Å². The maximum atomic E-state index is 12.0. The normalized spacial score (nSPS) is 10.6. The number of nitrogens with one attached hydrogen (secondary N) is 1. The van der Waals surface area contributed by atoms with Gasteiger partial charge in [0.1, 0.15) is 5.75 Å². The van der Waals surface area contributed by atoms with Crippen LogP contribution in [0.15, 0.2) is 48.5 Å². The van der Waals surface area contributed by atoms with E-state index < -0.39 is 0 Å². The average molecular weight is 355 g/mol. The Balaban J connectivity index is 1.87. The number of rotatable bonds is 9. The Hall–Kier alpha value is -2.95. The molecule has 0 aliphatic carbocycles. The Morgan fingerprint density at radius 3 is 2.54 bits per heavy atom. The zero-order valence-electron chi connectivity index (χ0n) is 15.5. The molecule has 2 aromatic rings. The van der Waals surface area contributed by atoms with Gasteiger partial charge in [-0.1, -0.05) is 24.3 Å². The molecule has 1 amide bonds. The zero-order valence-corrected chi connectivity index (χ0v) is 15.5. The van der Waals surface area contributed by atoms with Gasteiger partial charge in [-0.05, 0) is 43.2 Å². The summed E-state index contributed by atoms with van der Waals surface area (Å²) < 4.78 is 16.1. The van der Waals surface area contributed by atoms with Crippen molar-refractivity contribution in [2.24, 2.45) is 0 Å². The van der Waals surface area contributed by atoms with E-state index in [4.69, 9.17) is 14.2 Å². The Bertz CT molecular complexity index is 755. The molecule has 0 spiro atoms. The van der Waals surface area contributed by atoms with E-state index in [-0.39, 0.29) is 5.91 Å². The first-order valence-corrected chi connectivity index (χ1v) is 8.56. The third-order valence-corrected chi connectivity index (χ3v) is 3.79. The maximum Gasteiger partial charge on any atom is 0.244 e. The topological polar surface area (TPSA) is 56.8 Å². The van der Waals surface area contributed by atoms with Crippen LogP contribution < -0.4 is 19.5 Å². The Morgan fingerprint density at radius 1 is 1.04 bits per heavy atom. The van der Waals surface area contributed by atoms with E-state index in [0.717, 1.165) is 16.9 Å². The van der Waals surface area contributed by atoms with Crippen molar-refractivity contribution in [1.82, 2.24) is 5.32 Å². The lowest BCUT2D eigenvalue weighted by Crippen LogP contribution is -2.23. The lowest BCUT2D eigenvalue weighted by atomic mass is 10.1. The third-order valence-electron chi connectivity index (χ3n) is 3.79. The van der Waals surface area contributed by atoms with Crippen LogP contribution in [-0.2, 0) is 11.2 Å². The lowest BCUT2D eigenvalue weighted by molar-refractivity contribution is -0.116. The number of methoxy groups -OCH3 is 2. The first-order chi connectivity index (χ1) is 12.7. The second kappa shape index (κ2) is 10.1. The van der Waals surface area contributed by atoms with Crippen LogP contribution in [-0.4, -0.2) is 33.3 Å². The predicted octanol–water partition coefficient (Wildman–Crippen LogP) is 3.47. The van der Waals surface area contributed by atoms with Crippen LogP contribution in [0.4, 0.5) is 0 Å². The second-order valence-electron chi connectivity index (χ2n) is 5.53. The summed E-state index contributed by atoms with van der Waals surface area (Å²) in [4.78, 5) is 12.0. The first-order valence-electron chi connectivity index (χ1n) is 8.56. The molecule has 0 heterocycles. The molecule has 26 heavy (non-hydrogen) atoms. The number of ether oxygens (including phenoxy) is 3. The van der Waals surface area contributed by atoms with Crippen molar-refractivity contribution < 1.29 is 19.0 Å². The Labute approximate surface area is 154 Å². The molecule has 0 fully saturated rings. The van der Waals surface area contributed by atoms with Crippen molar-refractivity contribution in [2.45, 2.75) is 13.3 Å². The minimum atomic E-state index is -0.142. The van der Waals surface area contributed by atoms with Gasteiger partial charge in [-0.3, -0.25) is 4.79 Å². The van der Waals surface area contributed by atoms with Gasteiger partial charge in [0.2, 0.25) is 5.91 Å². The summed E-state index contributed by atoms with van der Waals surface area (Å²) in [5.74, 6) is 2.00. The number of carbonyl (C=O) groups is 1. The third kappa shape index (κ3) is 5.55. The van der Waals surface area contributed by atoms with Crippen LogP contribution in [0.3, 0.4) is 0 Å². The number of amides is 1. The summed E-state index contributed by atoms with van der Waals surface area (Å²) in [5, 5.41) is 2.88. The smallest absolute Gasteiger partial charge is 0.244 e. The fourth-order valence-corrected chi connectivity index (χ4v) is 2.50. The van der Waals surface area contributed by atoms with Gasteiger partial charge in [0.05, 0.1) is 20.8 Å². The molecule has 2 aromatic carbocycles. The van der Waals surface area contributed by atoms with Crippen molar-refractivity contribution in [2.75, 3.05) is 27.4 Å². The van der Waals surface area contributed by atoms with E-state index in [1.807, 2.05) is 49.4 Å². The summed E-state index contributed by atoms with van der Waals surface area (Å²) in [5.41, 5.74) is 1.94. The Kier molecular flexibility index (Phi) is 7.55. The highest BCUT2D eigenvalue weighted by Gasteiger charge is 2.05. The molecule has 0 saturated carbocycles. The molecule has 0 aliphatic rings. The van der Waals surface area contributed by atoms with E-state index in [2.05, 4.69) is 5.32 Å². The number of hydrogen-bond donors (Lipinski definition) is 1. The van der Waals surface area contributed by atoms with E-state index >= 15 is 0 Å². The lowest BCUT2D eigenvalue weighted by Gasteiger charge is -2.09.